The number of nitrogens with one attached hydrogen (secondary N) is 1. The summed E-state index contributed by atoms with van der Waals surface area (Å²) in [6.45, 7) is 0.892. The number of carboxylic acid groups (broad SMARTS) is 1. The van der Waals surface area contributed by atoms with E-state index in [4.69, 9.17) is 5.11 Å². The normalized spacial score (nSPS) is 16.2. The van der Waals surface area contributed by atoms with Crippen molar-refractivity contribution in [3.63, 3.8) is 0 Å². The number of hydrogen-bond acceptors (Lipinski definition) is 4. The lowest BCUT2D eigenvalue weighted by molar-refractivity contribution is 0.0691. The van der Waals surface area contributed by atoms with E-state index in [1.807, 2.05) is 0 Å². The van der Waals surface area contributed by atoms with Crippen molar-refractivity contribution in [1.82, 2.24) is 4.98 Å². The SMILES string of the molecule is O=C(O)c1csc(NCCCC2CCCC2)n1. The molecule has 1 aromatic heterocycles. The maximum Gasteiger partial charge on any atom is 0.355 e. The van der Waals surface area contributed by atoms with E-state index in [-0.39, 0.29) is 5.69 Å². The van der Waals surface area contributed by atoms with Crippen LogP contribution in [0.1, 0.15) is 49.0 Å². The van der Waals surface area contributed by atoms with Gasteiger partial charge in [0.15, 0.2) is 10.8 Å². The lowest BCUT2D eigenvalue weighted by atomic mass is 10.0. The highest BCUT2D eigenvalue weighted by atomic mass is 32.1. The van der Waals surface area contributed by atoms with Gasteiger partial charge in [0.1, 0.15) is 0 Å². The molecule has 94 valence electrons. The highest BCUT2D eigenvalue weighted by Crippen LogP contribution is 2.28. The fraction of sp³-hybridized carbons (Fsp3) is 0.667. The van der Waals surface area contributed by atoms with Gasteiger partial charge in [0.25, 0.3) is 0 Å². The third-order valence-corrected chi connectivity index (χ3v) is 4.06. The number of anilines is 1. The molecule has 0 radical (unpaired) electrons. The van der Waals surface area contributed by atoms with Gasteiger partial charge in [0.05, 0.1) is 0 Å². The van der Waals surface area contributed by atoms with E-state index >= 15 is 0 Å². The molecular formula is C12H18N2O2S. The molecule has 1 fully saturated rings. The van der Waals surface area contributed by atoms with Crippen LogP contribution in [0.5, 0.6) is 0 Å². The lowest BCUT2D eigenvalue weighted by Crippen LogP contribution is -2.04. The molecule has 0 saturated heterocycles. The highest BCUT2D eigenvalue weighted by molar-refractivity contribution is 7.13. The molecular weight excluding hydrogens is 236 g/mol. The van der Waals surface area contributed by atoms with Gasteiger partial charge in [0, 0.05) is 11.9 Å². The van der Waals surface area contributed by atoms with Crippen molar-refractivity contribution in [2.24, 2.45) is 5.92 Å². The summed E-state index contributed by atoms with van der Waals surface area (Å²) in [7, 11) is 0. The Hall–Kier alpha value is -1.10. The smallest absolute Gasteiger partial charge is 0.355 e. The van der Waals surface area contributed by atoms with E-state index in [1.165, 1.54) is 43.4 Å². The molecule has 0 amide bonds. The van der Waals surface area contributed by atoms with E-state index in [1.54, 1.807) is 5.38 Å². The Morgan fingerprint density at radius 3 is 2.94 bits per heavy atom. The van der Waals surface area contributed by atoms with Crippen molar-refractivity contribution in [2.45, 2.75) is 38.5 Å². The Balaban J connectivity index is 1.65. The zero-order valence-corrected chi connectivity index (χ0v) is 10.6. The maximum atomic E-state index is 10.6. The molecule has 0 bridgehead atoms. The summed E-state index contributed by atoms with van der Waals surface area (Å²) >= 11 is 1.36. The van der Waals surface area contributed by atoms with Crippen molar-refractivity contribution in [2.75, 3.05) is 11.9 Å². The van der Waals surface area contributed by atoms with Gasteiger partial charge >= 0.3 is 5.97 Å². The number of thiazole rings is 1. The molecule has 2 N–H and O–H groups in total. The third kappa shape index (κ3) is 3.70. The Morgan fingerprint density at radius 2 is 2.29 bits per heavy atom. The minimum absolute atomic E-state index is 0.133. The molecule has 2 rings (SSSR count). The number of aromatic nitrogens is 1. The van der Waals surface area contributed by atoms with Gasteiger partial charge in [-0.1, -0.05) is 25.7 Å². The predicted octanol–water partition coefficient (Wildman–Crippen LogP) is 3.22. The number of nitrogens with zero attached hydrogens (tertiary/aromatic N) is 1. The molecule has 1 saturated carbocycles. The van der Waals surface area contributed by atoms with Crippen LogP contribution in [0.15, 0.2) is 5.38 Å². The summed E-state index contributed by atoms with van der Waals surface area (Å²) in [5.74, 6) is -0.0390. The molecule has 5 heteroatoms. The van der Waals surface area contributed by atoms with Gasteiger partial charge in [-0.3, -0.25) is 0 Å². The molecule has 0 aliphatic heterocycles. The Labute approximate surface area is 105 Å². The summed E-state index contributed by atoms with van der Waals surface area (Å²) in [5, 5.41) is 14.2. The standard InChI is InChI=1S/C12H18N2O2S/c15-11(16)10-8-17-12(14-10)13-7-3-6-9-4-1-2-5-9/h8-9H,1-7H2,(H,13,14)(H,15,16). The first-order valence-electron chi connectivity index (χ1n) is 6.18. The molecule has 17 heavy (non-hydrogen) atoms. The molecule has 1 aliphatic carbocycles. The van der Waals surface area contributed by atoms with Crippen LogP contribution in [-0.4, -0.2) is 22.6 Å². The molecule has 0 aromatic carbocycles. The number of carboxylic acids is 1. The molecule has 0 spiro atoms. The number of aromatic carboxylic acids is 1. The van der Waals surface area contributed by atoms with Crippen molar-refractivity contribution in [3.8, 4) is 0 Å². The molecule has 1 heterocycles. The molecule has 4 nitrogen and oxygen atoms in total. The maximum absolute atomic E-state index is 10.6. The second-order valence-electron chi connectivity index (χ2n) is 4.56. The first-order chi connectivity index (χ1) is 8.25. The van der Waals surface area contributed by atoms with Crippen LogP contribution in [0.3, 0.4) is 0 Å². The van der Waals surface area contributed by atoms with Crippen LogP contribution in [0.25, 0.3) is 0 Å². The number of rotatable bonds is 6. The quantitative estimate of drug-likeness (QED) is 0.765. The third-order valence-electron chi connectivity index (χ3n) is 3.26. The summed E-state index contributed by atoms with van der Waals surface area (Å²) in [5.41, 5.74) is 0.133. The minimum Gasteiger partial charge on any atom is -0.476 e. The topological polar surface area (TPSA) is 62.2 Å². The van der Waals surface area contributed by atoms with Crippen LogP contribution < -0.4 is 5.32 Å². The second-order valence-corrected chi connectivity index (χ2v) is 5.42. The van der Waals surface area contributed by atoms with Crippen molar-refractivity contribution < 1.29 is 9.90 Å². The highest BCUT2D eigenvalue weighted by Gasteiger charge is 2.14. The predicted molar refractivity (Wildman–Crippen MR) is 68.8 cm³/mol. The summed E-state index contributed by atoms with van der Waals surface area (Å²) in [4.78, 5) is 14.6. The number of carbonyl (C=O) groups is 1. The Morgan fingerprint density at radius 1 is 1.53 bits per heavy atom. The fourth-order valence-corrected chi connectivity index (χ4v) is 3.05. The van der Waals surface area contributed by atoms with Crippen molar-refractivity contribution in [3.05, 3.63) is 11.1 Å². The van der Waals surface area contributed by atoms with Gasteiger partial charge in [0.2, 0.25) is 0 Å². The zero-order chi connectivity index (χ0) is 12.1. The largest absolute Gasteiger partial charge is 0.476 e. The summed E-state index contributed by atoms with van der Waals surface area (Å²) in [6.07, 6.45) is 8.00. The van der Waals surface area contributed by atoms with Gasteiger partial charge in [-0.2, -0.15) is 0 Å². The molecule has 0 atom stereocenters. The van der Waals surface area contributed by atoms with Crippen LogP contribution >= 0.6 is 11.3 Å². The first kappa shape index (κ1) is 12.4. The fourth-order valence-electron chi connectivity index (χ4n) is 2.34. The van der Waals surface area contributed by atoms with Crippen LogP contribution in [0, 0.1) is 5.92 Å². The zero-order valence-electron chi connectivity index (χ0n) is 9.82. The van der Waals surface area contributed by atoms with Gasteiger partial charge < -0.3 is 10.4 Å². The monoisotopic (exact) mass is 254 g/mol. The Bertz CT molecular complexity index is 372. The molecule has 0 unspecified atom stereocenters. The number of hydrogen-bond donors (Lipinski definition) is 2. The van der Waals surface area contributed by atoms with Crippen molar-refractivity contribution >= 4 is 22.4 Å². The van der Waals surface area contributed by atoms with E-state index in [0.29, 0.717) is 5.13 Å². The average molecular weight is 254 g/mol. The lowest BCUT2D eigenvalue weighted by Gasteiger charge is -2.08. The average Bonchev–Trinajstić information content (AvgIpc) is 2.96. The molecule has 1 aromatic rings. The van der Waals surface area contributed by atoms with E-state index < -0.39 is 5.97 Å². The van der Waals surface area contributed by atoms with Crippen molar-refractivity contribution in [1.29, 1.82) is 0 Å². The van der Waals surface area contributed by atoms with E-state index in [9.17, 15) is 4.79 Å². The van der Waals surface area contributed by atoms with Crippen LogP contribution in [0.4, 0.5) is 5.13 Å². The summed E-state index contributed by atoms with van der Waals surface area (Å²) < 4.78 is 0. The van der Waals surface area contributed by atoms with Gasteiger partial charge in [-0.05, 0) is 18.8 Å². The second kappa shape index (κ2) is 6.00. The van der Waals surface area contributed by atoms with E-state index in [0.717, 1.165) is 18.9 Å². The van der Waals surface area contributed by atoms with Gasteiger partial charge in [-0.15, -0.1) is 11.3 Å². The minimum atomic E-state index is -0.958. The Kier molecular flexibility index (Phi) is 4.36. The van der Waals surface area contributed by atoms with Crippen LogP contribution in [0.2, 0.25) is 0 Å². The summed E-state index contributed by atoms with van der Waals surface area (Å²) in [6, 6.07) is 0. The van der Waals surface area contributed by atoms with Crippen LogP contribution in [-0.2, 0) is 0 Å². The van der Waals surface area contributed by atoms with E-state index in [2.05, 4.69) is 10.3 Å². The first-order valence-corrected chi connectivity index (χ1v) is 7.06. The van der Waals surface area contributed by atoms with Gasteiger partial charge in [-0.25, -0.2) is 9.78 Å². The molecule has 1 aliphatic rings.